The number of esters is 1. The number of carbonyl (C=O) groups is 3. The Morgan fingerprint density at radius 1 is 1.31 bits per heavy atom. The number of ketones is 1. The van der Waals surface area contributed by atoms with Gasteiger partial charge < -0.3 is 15.2 Å². The fourth-order valence-corrected chi connectivity index (χ4v) is 3.25. The van der Waals surface area contributed by atoms with Crippen molar-refractivity contribution in [2.75, 3.05) is 0 Å². The zero-order valence-corrected chi connectivity index (χ0v) is 16.0. The molecule has 2 N–H and O–H groups in total. The number of benzene rings is 1. The molecular weight excluding hydrogens is 356 g/mol. The minimum atomic E-state index is -0.894. The fourth-order valence-electron chi connectivity index (χ4n) is 2.28. The zero-order chi connectivity index (χ0) is 19.5. The van der Waals surface area contributed by atoms with Crippen molar-refractivity contribution in [2.45, 2.75) is 52.2 Å². The molecule has 26 heavy (non-hydrogen) atoms. The van der Waals surface area contributed by atoms with Crippen LogP contribution in [-0.4, -0.2) is 39.4 Å². The van der Waals surface area contributed by atoms with Crippen LogP contribution in [0.5, 0.6) is 5.75 Å². The van der Waals surface area contributed by atoms with Crippen LogP contribution >= 0.6 is 11.3 Å². The molecule has 0 aliphatic heterocycles. The van der Waals surface area contributed by atoms with E-state index in [2.05, 4.69) is 10.3 Å². The van der Waals surface area contributed by atoms with Crippen LogP contribution in [0.1, 0.15) is 50.3 Å². The molecule has 0 aliphatic carbocycles. The van der Waals surface area contributed by atoms with E-state index in [1.54, 1.807) is 32.9 Å². The van der Waals surface area contributed by atoms with E-state index in [1.807, 2.05) is 0 Å². The van der Waals surface area contributed by atoms with Crippen molar-refractivity contribution in [3.63, 3.8) is 0 Å². The molecule has 0 fully saturated rings. The van der Waals surface area contributed by atoms with Crippen LogP contribution in [0.3, 0.4) is 0 Å². The van der Waals surface area contributed by atoms with E-state index in [4.69, 9.17) is 4.74 Å². The van der Waals surface area contributed by atoms with Crippen LogP contribution in [0.15, 0.2) is 18.2 Å². The number of hydrogen-bond acceptors (Lipinski definition) is 7. The second-order valence-corrected chi connectivity index (χ2v) is 7.95. The van der Waals surface area contributed by atoms with E-state index in [9.17, 15) is 19.5 Å². The Balaban J connectivity index is 2.07. The van der Waals surface area contributed by atoms with Gasteiger partial charge in [0.1, 0.15) is 17.4 Å². The summed E-state index contributed by atoms with van der Waals surface area (Å²) in [6.07, 6.45) is 0.157. The molecule has 1 aromatic carbocycles. The van der Waals surface area contributed by atoms with Crippen LogP contribution in [0.25, 0.3) is 10.2 Å². The maximum Gasteiger partial charge on any atom is 0.329 e. The van der Waals surface area contributed by atoms with Gasteiger partial charge in [0, 0.05) is 13.3 Å². The van der Waals surface area contributed by atoms with E-state index >= 15 is 0 Å². The van der Waals surface area contributed by atoms with Gasteiger partial charge in [-0.2, -0.15) is 0 Å². The van der Waals surface area contributed by atoms with Crippen LogP contribution in [-0.2, 0) is 14.3 Å². The van der Waals surface area contributed by atoms with E-state index in [0.29, 0.717) is 15.2 Å². The lowest BCUT2D eigenvalue weighted by Crippen LogP contribution is -2.43. The van der Waals surface area contributed by atoms with Crippen LogP contribution in [0.2, 0.25) is 0 Å². The van der Waals surface area contributed by atoms with Gasteiger partial charge in [-0.3, -0.25) is 9.59 Å². The molecule has 2 aromatic rings. The Morgan fingerprint density at radius 2 is 2.00 bits per heavy atom. The molecule has 0 radical (unpaired) electrons. The standard InChI is InChI=1S/C18H22N2O5S/c1-10(21)19-13(17(24)25-18(2,3)4)7-8-14(23)16-20-12-6-5-11(22)9-15(12)26-16/h5-6,9,13,22H,7-8H2,1-4H3,(H,19,21)/t13-/m1/s1. The minimum absolute atomic E-state index is 0.0377. The highest BCUT2D eigenvalue weighted by molar-refractivity contribution is 7.20. The summed E-state index contributed by atoms with van der Waals surface area (Å²) >= 11 is 1.18. The lowest BCUT2D eigenvalue weighted by atomic mass is 10.1. The van der Waals surface area contributed by atoms with Gasteiger partial charge in [0.2, 0.25) is 5.91 Å². The number of nitrogens with one attached hydrogen (secondary N) is 1. The second-order valence-electron chi connectivity index (χ2n) is 6.92. The molecular formula is C18H22N2O5S. The lowest BCUT2D eigenvalue weighted by molar-refractivity contribution is -0.158. The number of nitrogens with zero attached hydrogens (tertiary/aromatic N) is 1. The minimum Gasteiger partial charge on any atom is -0.508 e. The molecule has 7 nitrogen and oxygen atoms in total. The zero-order valence-electron chi connectivity index (χ0n) is 15.2. The average Bonchev–Trinajstić information content (AvgIpc) is 2.92. The fraction of sp³-hybridized carbons (Fsp3) is 0.444. The molecule has 1 atom stereocenters. The monoisotopic (exact) mass is 378 g/mol. The van der Waals surface area contributed by atoms with Crippen molar-refractivity contribution < 1.29 is 24.2 Å². The van der Waals surface area contributed by atoms with Crippen LogP contribution in [0, 0.1) is 0 Å². The van der Waals surface area contributed by atoms with Gasteiger partial charge in [-0.1, -0.05) is 0 Å². The molecule has 2 rings (SSSR count). The largest absolute Gasteiger partial charge is 0.508 e. The molecule has 0 saturated heterocycles. The maximum absolute atomic E-state index is 12.4. The maximum atomic E-state index is 12.4. The Labute approximate surface area is 155 Å². The van der Waals surface area contributed by atoms with E-state index in [0.717, 1.165) is 0 Å². The molecule has 8 heteroatoms. The predicted molar refractivity (Wildman–Crippen MR) is 98.3 cm³/mol. The first kappa shape index (κ1) is 19.8. The number of carbonyl (C=O) groups excluding carboxylic acids is 3. The number of phenols is 1. The average molecular weight is 378 g/mol. The highest BCUT2D eigenvalue weighted by atomic mass is 32.1. The Bertz CT molecular complexity index is 838. The number of aromatic nitrogens is 1. The van der Waals surface area contributed by atoms with Crippen molar-refractivity contribution >= 4 is 39.2 Å². The summed E-state index contributed by atoms with van der Waals surface area (Å²) in [4.78, 5) is 40.3. The van der Waals surface area contributed by atoms with Gasteiger partial charge in [0.25, 0.3) is 0 Å². The molecule has 0 aliphatic rings. The summed E-state index contributed by atoms with van der Waals surface area (Å²) < 4.78 is 6.00. The van der Waals surface area contributed by atoms with Gasteiger partial charge >= 0.3 is 5.97 Å². The highest BCUT2D eigenvalue weighted by Gasteiger charge is 2.27. The van der Waals surface area contributed by atoms with Crippen molar-refractivity contribution in [3.8, 4) is 5.75 Å². The smallest absolute Gasteiger partial charge is 0.329 e. The number of rotatable bonds is 6. The third kappa shape index (κ3) is 5.52. The number of phenolic OH excluding ortho intramolecular Hbond substituents is 1. The molecule has 0 saturated carbocycles. The summed E-state index contributed by atoms with van der Waals surface area (Å²) in [6, 6.07) is 3.80. The molecule has 0 unspecified atom stereocenters. The van der Waals surface area contributed by atoms with Gasteiger partial charge in [0.05, 0.1) is 10.2 Å². The number of aromatic hydroxyl groups is 1. The topological polar surface area (TPSA) is 106 Å². The number of amides is 1. The third-order valence-electron chi connectivity index (χ3n) is 3.34. The third-order valence-corrected chi connectivity index (χ3v) is 4.40. The second kappa shape index (κ2) is 7.82. The summed E-state index contributed by atoms with van der Waals surface area (Å²) in [7, 11) is 0. The number of fused-ring (bicyclic) bond motifs is 1. The van der Waals surface area contributed by atoms with Gasteiger partial charge in [-0.15, -0.1) is 11.3 Å². The number of thiazole rings is 1. The number of ether oxygens (including phenoxy) is 1. The first-order chi connectivity index (χ1) is 12.0. The Kier molecular flexibility index (Phi) is 5.97. The van der Waals surface area contributed by atoms with Crippen molar-refractivity contribution in [2.24, 2.45) is 0 Å². The summed E-state index contributed by atoms with van der Waals surface area (Å²) in [5, 5.41) is 12.3. The Morgan fingerprint density at radius 3 is 2.62 bits per heavy atom. The predicted octanol–water partition coefficient (Wildman–Crippen LogP) is 2.81. The van der Waals surface area contributed by atoms with Crippen LogP contribution in [0.4, 0.5) is 0 Å². The normalized spacial score (nSPS) is 12.6. The summed E-state index contributed by atoms with van der Waals surface area (Å²) in [5.74, 6) is -1.07. The first-order valence-electron chi connectivity index (χ1n) is 8.18. The first-order valence-corrected chi connectivity index (χ1v) is 8.99. The van der Waals surface area contributed by atoms with Gasteiger partial charge in [0.15, 0.2) is 10.8 Å². The van der Waals surface area contributed by atoms with Gasteiger partial charge in [-0.05, 0) is 45.4 Å². The molecule has 0 bridgehead atoms. The van der Waals surface area contributed by atoms with Crippen LogP contribution < -0.4 is 5.32 Å². The molecule has 140 valence electrons. The van der Waals surface area contributed by atoms with Gasteiger partial charge in [-0.25, -0.2) is 9.78 Å². The van der Waals surface area contributed by atoms with Crippen molar-refractivity contribution in [1.82, 2.24) is 10.3 Å². The van der Waals surface area contributed by atoms with E-state index < -0.39 is 17.6 Å². The number of hydrogen-bond donors (Lipinski definition) is 2. The molecule has 0 spiro atoms. The quantitative estimate of drug-likeness (QED) is 0.591. The van der Waals surface area contributed by atoms with Crippen molar-refractivity contribution in [3.05, 3.63) is 23.2 Å². The Hall–Kier alpha value is -2.48. The summed E-state index contributed by atoms with van der Waals surface area (Å²) in [6.45, 7) is 6.51. The van der Waals surface area contributed by atoms with Crippen molar-refractivity contribution in [1.29, 1.82) is 0 Å². The number of Topliss-reactive ketones (excluding diaryl/α,β-unsaturated/α-hetero) is 1. The van der Waals surface area contributed by atoms with E-state index in [-0.39, 0.29) is 30.3 Å². The molecule has 1 amide bonds. The highest BCUT2D eigenvalue weighted by Crippen LogP contribution is 2.26. The molecule has 1 aromatic heterocycles. The van der Waals surface area contributed by atoms with E-state index in [1.165, 1.54) is 24.3 Å². The molecule has 1 heterocycles. The SMILES string of the molecule is CC(=O)N[C@H](CCC(=O)c1nc2ccc(O)cc2s1)C(=O)OC(C)(C)C. The summed E-state index contributed by atoms with van der Waals surface area (Å²) in [5.41, 5.74) is -0.0611. The lowest BCUT2D eigenvalue weighted by Gasteiger charge is -2.24.